The number of amides is 1. The highest BCUT2D eigenvalue weighted by Gasteiger charge is 2.21. The number of allylic oxidation sites excluding steroid dienone is 1. The van der Waals surface area contributed by atoms with Gasteiger partial charge in [-0.25, -0.2) is 4.79 Å². The second-order valence-electron chi connectivity index (χ2n) is 5.39. The number of carbonyl (C=O) groups excluding carboxylic acids is 1. The topological polar surface area (TPSA) is 66.4 Å². The molecule has 1 rings (SSSR count). The van der Waals surface area contributed by atoms with Crippen molar-refractivity contribution in [1.82, 2.24) is 5.32 Å². The Balaban J connectivity index is 2.38. The van der Waals surface area contributed by atoms with Crippen molar-refractivity contribution in [2.75, 3.05) is 0 Å². The molecule has 0 heterocycles. The van der Waals surface area contributed by atoms with E-state index in [-0.39, 0.29) is 5.91 Å². The molecule has 0 aliphatic heterocycles. The summed E-state index contributed by atoms with van der Waals surface area (Å²) < 4.78 is 0. The average molecular weight is 267 g/mol. The molecule has 0 aromatic rings. The largest absolute Gasteiger partial charge is 0.480 e. The van der Waals surface area contributed by atoms with Gasteiger partial charge in [0.15, 0.2) is 0 Å². The number of nitrogens with one attached hydrogen (secondary N) is 1. The van der Waals surface area contributed by atoms with Gasteiger partial charge in [0.05, 0.1) is 0 Å². The molecule has 1 atom stereocenters. The number of carboxylic acids is 1. The van der Waals surface area contributed by atoms with Crippen molar-refractivity contribution in [3.8, 4) is 0 Å². The van der Waals surface area contributed by atoms with E-state index in [1.165, 1.54) is 25.7 Å². The summed E-state index contributed by atoms with van der Waals surface area (Å²) >= 11 is 0. The maximum Gasteiger partial charge on any atom is 0.326 e. The Kier molecular flexibility index (Phi) is 7.23. The third kappa shape index (κ3) is 6.41. The Labute approximate surface area is 115 Å². The summed E-state index contributed by atoms with van der Waals surface area (Å²) in [7, 11) is 0. The molecule has 19 heavy (non-hydrogen) atoms. The summed E-state index contributed by atoms with van der Waals surface area (Å²) in [6.07, 6.45) is 10.2. The summed E-state index contributed by atoms with van der Waals surface area (Å²) in [5.41, 5.74) is 0. The molecule has 4 heteroatoms. The van der Waals surface area contributed by atoms with Crippen LogP contribution in [-0.4, -0.2) is 23.0 Å². The first-order valence-electron chi connectivity index (χ1n) is 7.26. The summed E-state index contributed by atoms with van der Waals surface area (Å²) in [6.45, 7) is 3.57. The standard InChI is InChI=1S/C15H25NO3/c1-2-3-10-13(15(18)19)16-14(17)11-12-8-6-4-5-7-9-12/h2,12-13H,1,3-11H2,(H,16,17)(H,18,19). The monoisotopic (exact) mass is 267 g/mol. The third-order valence-electron chi connectivity index (χ3n) is 3.74. The van der Waals surface area contributed by atoms with Gasteiger partial charge in [0.1, 0.15) is 6.04 Å². The molecule has 2 N–H and O–H groups in total. The van der Waals surface area contributed by atoms with Crippen LogP contribution in [0.5, 0.6) is 0 Å². The van der Waals surface area contributed by atoms with E-state index < -0.39 is 12.0 Å². The molecule has 0 spiro atoms. The van der Waals surface area contributed by atoms with Crippen LogP contribution in [0.25, 0.3) is 0 Å². The molecule has 0 radical (unpaired) electrons. The lowest BCUT2D eigenvalue weighted by atomic mass is 9.96. The normalized spacial score (nSPS) is 18.3. The summed E-state index contributed by atoms with van der Waals surface area (Å²) in [4.78, 5) is 22.9. The van der Waals surface area contributed by atoms with Crippen LogP contribution in [0, 0.1) is 5.92 Å². The maximum atomic E-state index is 11.9. The Morgan fingerprint density at radius 3 is 2.42 bits per heavy atom. The number of carboxylic acid groups (broad SMARTS) is 1. The predicted molar refractivity (Wildman–Crippen MR) is 74.8 cm³/mol. The highest BCUT2D eigenvalue weighted by molar-refractivity contribution is 5.83. The zero-order valence-electron chi connectivity index (χ0n) is 11.6. The average Bonchev–Trinajstić information content (AvgIpc) is 2.62. The van der Waals surface area contributed by atoms with Crippen molar-refractivity contribution < 1.29 is 14.7 Å². The molecule has 1 unspecified atom stereocenters. The van der Waals surface area contributed by atoms with E-state index in [4.69, 9.17) is 5.11 Å². The molecule has 0 bridgehead atoms. The summed E-state index contributed by atoms with van der Waals surface area (Å²) in [5.74, 6) is -0.657. The van der Waals surface area contributed by atoms with Crippen LogP contribution in [0.4, 0.5) is 0 Å². The second-order valence-corrected chi connectivity index (χ2v) is 5.39. The van der Waals surface area contributed by atoms with Gasteiger partial charge in [-0.2, -0.15) is 0 Å². The minimum absolute atomic E-state index is 0.122. The van der Waals surface area contributed by atoms with Crippen LogP contribution < -0.4 is 5.32 Å². The molecular weight excluding hydrogens is 242 g/mol. The number of aliphatic carboxylic acids is 1. The fourth-order valence-corrected chi connectivity index (χ4v) is 2.63. The van der Waals surface area contributed by atoms with E-state index in [0.717, 1.165) is 12.8 Å². The van der Waals surface area contributed by atoms with Crippen molar-refractivity contribution in [2.24, 2.45) is 5.92 Å². The zero-order chi connectivity index (χ0) is 14.1. The Hall–Kier alpha value is -1.32. The maximum absolute atomic E-state index is 11.9. The quantitative estimate of drug-likeness (QED) is 0.550. The number of hydrogen-bond donors (Lipinski definition) is 2. The molecule has 1 aliphatic carbocycles. The van der Waals surface area contributed by atoms with E-state index in [1.807, 2.05) is 0 Å². The molecule has 0 saturated heterocycles. The van der Waals surface area contributed by atoms with Gasteiger partial charge < -0.3 is 10.4 Å². The molecule has 108 valence electrons. The Morgan fingerprint density at radius 2 is 1.89 bits per heavy atom. The summed E-state index contributed by atoms with van der Waals surface area (Å²) in [5, 5.41) is 11.7. The van der Waals surface area contributed by atoms with Gasteiger partial charge >= 0.3 is 5.97 Å². The number of hydrogen-bond acceptors (Lipinski definition) is 2. The van der Waals surface area contributed by atoms with Gasteiger partial charge in [0, 0.05) is 6.42 Å². The molecule has 0 aromatic heterocycles. The van der Waals surface area contributed by atoms with Crippen LogP contribution in [0.15, 0.2) is 12.7 Å². The minimum atomic E-state index is -0.962. The van der Waals surface area contributed by atoms with Crippen LogP contribution in [0.2, 0.25) is 0 Å². The van der Waals surface area contributed by atoms with E-state index in [1.54, 1.807) is 6.08 Å². The second kappa shape index (κ2) is 8.73. The summed E-state index contributed by atoms with van der Waals surface area (Å²) in [6, 6.07) is -0.781. The highest BCUT2D eigenvalue weighted by atomic mass is 16.4. The van der Waals surface area contributed by atoms with Crippen LogP contribution in [0.3, 0.4) is 0 Å². The smallest absolute Gasteiger partial charge is 0.326 e. The molecule has 1 amide bonds. The first kappa shape index (κ1) is 15.7. The molecule has 1 saturated carbocycles. The van der Waals surface area contributed by atoms with E-state index in [0.29, 0.717) is 25.2 Å². The van der Waals surface area contributed by atoms with Gasteiger partial charge in [-0.05, 0) is 31.6 Å². The SMILES string of the molecule is C=CCCC(NC(=O)CC1CCCCCC1)C(=O)O. The van der Waals surface area contributed by atoms with Crippen molar-refractivity contribution in [3.05, 3.63) is 12.7 Å². The Morgan fingerprint density at radius 1 is 1.26 bits per heavy atom. The molecule has 1 aliphatic rings. The fraction of sp³-hybridized carbons (Fsp3) is 0.733. The first-order chi connectivity index (χ1) is 9.13. The van der Waals surface area contributed by atoms with E-state index in [9.17, 15) is 9.59 Å². The Bertz CT molecular complexity index is 307. The number of rotatable bonds is 7. The third-order valence-corrected chi connectivity index (χ3v) is 3.74. The lowest BCUT2D eigenvalue weighted by molar-refractivity contribution is -0.142. The van der Waals surface area contributed by atoms with Gasteiger partial charge in [-0.3, -0.25) is 4.79 Å². The lowest BCUT2D eigenvalue weighted by Gasteiger charge is -2.17. The van der Waals surface area contributed by atoms with Crippen molar-refractivity contribution in [3.63, 3.8) is 0 Å². The zero-order valence-corrected chi connectivity index (χ0v) is 11.6. The van der Waals surface area contributed by atoms with Gasteiger partial charge in [0.25, 0.3) is 0 Å². The first-order valence-corrected chi connectivity index (χ1v) is 7.26. The van der Waals surface area contributed by atoms with Gasteiger partial charge in [-0.15, -0.1) is 6.58 Å². The van der Waals surface area contributed by atoms with E-state index >= 15 is 0 Å². The molecular formula is C15H25NO3. The molecule has 1 fully saturated rings. The molecule has 4 nitrogen and oxygen atoms in total. The molecule has 0 aromatic carbocycles. The van der Waals surface area contributed by atoms with Crippen LogP contribution in [-0.2, 0) is 9.59 Å². The van der Waals surface area contributed by atoms with Gasteiger partial charge in [-0.1, -0.05) is 31.8 Å². The van der Waals surface area contributed by atoms with Crippen molar-refractivity contribution in [2.45, 2.75) is 63.8 Å². The van der Waals surface area contributed by atoms with Gasteiger partial charge in [0.2, 0.25) is 5.91 Å². The van der Waals surface area contributed by atoms with Crippen LogP contribution >= 0.6 is 0 Å². The fourth-order valence-electron chi connectivity index (χ4n) is 2.63. The van der Waals surface area contributed by atoms with Crippen molar-refractivity contribution >= 4 is 11.9 Å². The lowest BCUT2D eigenvalue weighted by Crippen LogP contribution is -2.41. The van der Waals surface area contributed by atoms with Crippen LogP contribution in [0.1, 0.15) is 57.8 Å². The van der Waals surface area contributed by atoms with Crippen molar-refractivity contribution in [1.29, 1.82) is 0 Å². The minimum Gasteiger partial charge on any atom is -0.480 e. The highest BCUT2D eigenvalue weighted by Crippen LogP contribution is 2.25. The number of carbonyl (C=O) groups is 2. The predicted octanol–water partition coefficient (Wildman–Crippen LogP) is 2.88. The van der Waals surface area contributed by atoms with E-state index in [2.05, 4.69) is 11.9 Å².